The van der Waals surface area contributed by atoms with Gasteiger partial charge in [-0.05, 0) is 31.9 Å². The zero-order valence-corrected chi connectivity index (χ0v) is 12.7. The van der Waals surface area contributed by atoms with Gasteiger partial charge in [0.1, 0.15) is 5.75 Å². The Morgan fingerprint density at radius 3 is 2.67 bits per heavy atom. The van der Waals surface area contributed by atoms with Crippen molar-refractivity contribution in [3.05, 3.63) is 17.7 Å². The first-order chi connectivity index (χ1) is 10.3. The van der Waals surface area contributed by atoms with Crippen molar-refractivity contribution in [1.82, 2.24) is 5.32 Å². The van der Waals surface area contributed by atoms with Gasteiger partial charge >= 0.3 is 0 Å². The van der Waals surface area contributed by atoms with Crippen molar-refractivity contribution in [1.29, 1.82) is 0 Å². The van der Waals surface area contributed by atoms with Crippen LogP contribution in [0.5, 0.6) is 17.2 Å². The monoisotopic (exact) mass is 295 g/mol. The lowest BCUT2D eigenvalue weighted by atomic mass is 10.1. The number of fused-ring (bicyclic) bond motifs is 1. The molecule has 21 heavy (non-hydrogen) atoms. The number of hydrogen-bond donors (Lipinski definition) is 2. The molecule has 0 aromatic heterocycles. The van der Waals surface area contributed by atoms with E-state index in [9.17, 15) is 0 Å². The molecule has 1 heterocycles. The van der Waals surface area contributed by atoms with Crippen LogP contribution in [-0.2, 0) is 6.54 Å². The average molecular weight is 295 g/mol. The number of rotatable bonds is 10. The van der Waals surface area contributed by atoms with Crippen LogP contribution in [0.4, 0.5) is 0 Å². The Morgan fingerprint density at radius 1 is 1.14 bits per heavy atom. The molecule has 118 valence electrons. The van der Waals surface area contributed by atoms with E-state index in [4.69, 9.17) is 19.3 Å². The van der Waals surface area contributed by atoms with Crippen LogP contribution in [-0.4, -0.2) is 31.7 Å². The zero-order valence-electron chi connectivity index (χ0n) is 12.7. The highest BCUT2D eigenvalue weighted by Gasteiger charge is 2.17. The van der Waals surface area contributed by atoms with Crippen molar-refractivity contribution in [2.24, 2.45) is 0 Å². The van der Waals surface area contributed by atoms with E-state index in [0.717, 1.165) is 61.6 Å². The Balaban J connectivity index is 1.90. The van der Waals surface area contributed by atoms with Gasteiger partial charge in [0.05, 0.1) is 6.61 Å². The second kappa shape index (κ2) is 8.74. The van der Waals surface area contributed by atoms with Crippen LogP contribution in [0.1, 0.15) is 38.2 Å². The summed E-state index contributed by atoms with van der Waals surface area (Å²) >= 11 is 0. The number of benzene rings is 1. The van der Waals surface area contributed by atoms with Crippen molar-refractivity contribution in [3.8, 4) is 17.2 Å². The first kappa shape index (κ1) is 15.9. The van der Waals surface area contributed by atoms with Crippen LogP contribution in [0.15, 0.2) is 12.1 Å². The molecule has 2 rings (SSSR count). The molecule has 0 spiro atoms. The van der Waals surface area contributed by atoms with E-state index in [1.807, 2.05) is 12.1 Å². The minimum atomic E-state index is 0.274. The summed E-state index contributed by atoms with van der Waals surface area (Å²) in [6, 6.07) is 3.91. The highest BCUT2D eigenvalue weighted by molar-refractivity contribution is 5.51. The molecule has 0 unspecified atom stereocenters. The van der Waals surface area contributed by atoms with E-state index in [-0.39, 0.29) is 13.4 Å². The Labute approximate surface area is 126 Å². The normalized spacial score (nSPS) is 12.7. The molecular formula is C16H25NO4. The molecule has 0 saturated heterocycles. The molecule has 0 saturated carbocycles. The Bertz CT molecular complexity index is 437. The fraction of sp³-hybridized carbons (Fsp3) is 0.625. The summed E-state index contributed by atoms with van der Waals surface area (Å²) in [5.74, 6) is 2.41. The summed E-state index contributed by atoms with van der Waals surface area (Å²) in [5.41, 5.74) is 1.09. The van der Waals surface area contributed by atoms with E-state index in [2.05, 4.69) is 12.2 Å². The fourth-order valence-electron chi connectivity index (χ4n) is 2.25. The number of hydrogen-bond acceptors (Lipinski definition) is 5. The van der Waals surface area contributed by atoms with Crippen molar-refractivity contribution >= 4 is 0 Å². The highest BCUT2D eigenvalue weighted by atomic mass is 16.7. The SMILES string of the molecule is CCNCc1cc2c(cc1OCCCCCCO)OCO2. The first-order valence-corrected chi connectivity index (χ1v) is 7.72. The third-order valence-corrected chi connectivity index (χ3v) is 3.43. The molecule has 1 aromatic carbocycles. The number of aliphatic hydroxyl groups excluding tert-OH is 1. The zero-order chi connectivity index (χ0) is 14.9. The third-order valence-electron chi connectivity index (χ3n) is 3.43. The Kier molecular flexibility index (Phi) is 6.63. The van der Waals surface area contributed by atoms with Gasteiger partial charge in [-0.2, -0.15) is 0 Å². The molecule has 0 radical (unpaired) electrons. The quantitative estimate of drug-likeness (QED) is 0.649. The fourth-order valence-corrected chi connectivity index (χ4v) is 2.25. The van der Waals surface area contributed by atoms with Crippen LogP contribution in [0.2, 0.25) is 0 Å². The van der Waals surface area contributed by atoms with Crippen LogP contribution in [0.3, 0.4) is 0 Å². The lowest BCUT2D eigenvalue weighted by Crippen LogP contribution is -2.13. The number of unbranched alkanes of at least 4 members (excludes halogenated alkanes) is 3. The molecular weight excluding hydrogens is 270 g/mol. The van der Waals surface area contributed by atoms with Crippen LogP contribution >= 0.6 is 0 Å². The van der Waals surface area contributed by atoms with E-state index >= 15 is 0 Å². The van der Waals surface area contributed by atoms with Gasteiger partial charge in [0.15, 0.2) is 11.5 Å². The average Bonchev–Trinajstić information content (AvgIpc) is 2.95. The molecule has 2 N–H and O–H groups in total. The summed E-state index contributed by atoms with van der Waals surface area (Å²) in [6.07, 6.45) is 3.99. The molecule has 5 nitrogen and oxygen atoms in total. The minimum Gasteiger partial charge on any atom is -0.493 e. The summed E-state index contributed by atoms with van der Waals surface area (Å²) in [4.78, 5) is 0. The van der Waals surface area contributed by atoms with E-state index in [1.54, 1.807) is 0 Å². The van der Waals surface area contributed by atoms with Crippen LogP contribution < -0.4 is 19.5 Å². The van der Waals surface area contributed by atoms with Gasteiger partial charge in [-0.15, -0.1) is 0 Å². The molecule has 1 aromatic rings. The Morgan fingerprint density at radius 2 is 1.90 bits per heavy atom. The largest absolute Gasteiger partial charge is 0.493 e. The second-order valence-electron chi connectivity index (χ2n) is 5.08. The van der Waals surface area contributed by atoms with E-state index < -0.39 is 0 Å². The van der Waals surface area contributed by atoms with Crippen LogP contribution in [0.25, 0.3) is 0 Å². The molecule has 1 aliphatic rings. The number of nitrogens with one attached hydrogen (secondary N) is 1. The smallest absolute Gasteiger partial charge is 0.231 e. The molecule has 5 heteroatoms. The summed E-state index contributed by atoms with van der Waals surface area (Å²) in [6.45, 7) is 4.98. The van der Waals surface area contributed by atoms with Crippen molar-refractivity contribution in [2.45, 2.75) is 39.2 Å². The third kappa shape index (κ3) is 4.79. The number of aliphatic hydroxyl groups is 1. The maximum atomic E-state index is 8.75. The summed E-state index contributed by atoms with van der Waals surface area (Å²) in [5, 5.41) is 12.1. The predicted octanol–water partition coefficient (Wildman–Crippen LogP) is 2.46. The van der Waals surface area contributed by atoms with E-state index in [1.165, 1.54) is 0 Å². The lowest BCUT2D eigenvalue weighted by molar-refractivity contribution is 0.173. The number of ether oxygens (including phenoxy) is 3. The summed E-state index contributed by atoms with van der Waals surface area (Å²) < 4.78 is 16.7. The lowest BCUT2D eigenvalue weighted by Gasteiger charge is -2.13. The second-order valence-corrected chi connectivity index (χ2v) is 5.08. The van der Waals surface area contributed by atoms with Gasteiger partial charge in [-0.3, -0.25) is 0 Å². The summed E-state index contributed by atoms with van der Waals surface area (Å²) in [7, 11) is 0. The molecule has 1 aliphatic heterocycles. The van der Waals surface area contributed by atoms with Gasteiger partial charge in [-0.1, -0.05) is 13.3 Å². The molecule has 0 bridgehead atoms. The van der Waals surface area contributed by atoms with Gasteiger partial charge in [0.25, 0.3) is 0 Å². The maximum absolute atomic E-state index is 8.75. The van der Waals surface area contributed by atoms with Crippen molar-refractivity contribution < 1.29 is 19.3 Å². The van der Waals surface area contributed by atoms with Gasteiger partial charge in [-0.25, -0.2) is 0 Å². The Hall–Kier alpha value is -1.46. The van der Waals surface area contributed by atoms with E-state index in [0.29, 0.717) is 6.61 Å². The molecule has 0 fully saturated rings. The highest BCUT2D eigenvalue weighted by Crippen LogP contribution is 2.38. The maximum Gasteiger partial charge on any atom is 0.231 e. The molecule has 0 atom stereocenters. The van der Waals surface area contributed by atoms with Gasteiger partial charge in [0, 0.05) is 24.8 Å². The predicted molar refractivity (Wildman–Crippen MR) is 81.0 cm³/mol. The standard InChI is InChI=1S/C16H25NO4/c1-2-17-11-13-9-15-16(21-12-20-15)10-14(13)19-8-6-4-3-5-7-18/h9-10,17-18H,2-8,11-12H2,1H3. The molecule has 0 amide bonds. The first-order valence-electron chi connectivity index (χ1n) is 7.72. The van der Waals surface area contributed by atoms with Crippen molar-refractivity contribution in [3.63, 3.8) is 0 Å². The topological polar surface area (TPSA) is 60.0 Å². The minimum absolute atomic E-state index is 0.274. The van der Waals surface area contributed by atoms with Crippen LogP contribution in [0, 0.1) is 0 Å². The molecule has 0 aliphatic carbocycles. The van der Waals surface area contributed by atoms with Crippen molar-refractivity contribution in [2.75, 3.05) is 26.6 Å². The van der Waals surface area contributed by atoms with Gasteiger partial charge in [0.2, 0.25) is 6.79 Å². The van der Waals surface area contributed by atoms with Gasteiger partial charge < -0.3 is 24.6 Å².